The predicted molar refractivity (Wildman–Crippen MR) is 71.8 cm³/mol. The molecule has 5 heteroatoms. The Labute approximate surface area is 113 Å². The second-order valence-electron chi connectivity index (χ2n) is 4.83. The van der Waals surface area contributed by atoms with Crippen molar-refractivity contribution in [2.75, 3.05) is 20.3 Å². The fourth-order valence-corrected chi connectivity index (χ4v) is 2.06. The molecule has 1 aromatic carbocycles. The highest BCUT2D eigenvalue weighted by atomic mass is 16.5. The number of benzene rings is 1. The lowest BCUT2D eigenvalue weighted by molar-refractivity contribution is -0.150. The van der Waals surface area contributed by atoms with Gasteiger partial charge in [-0.2, -0.15) is 0 Å². The van der Waals surface area contributed by atoms with Crippen LogP contribution in [0.3, 0.4) is 0 Å². The number of methoxy groups -OCH3 is 1. The number of carbonyl (C=O) groups excluding carboxylic acids is 1. The number of hydrogen-bond acceptors (Lipinski definition) is 4. The number of morpholine rings is 1. The van der Waals surface area contributed by atoms with Crippen molar-refractivity contribution in [3.63, 3.8) is 0 Å². The first kappa shape index (κ1) is 13.8. The van der Waals surface area contributed by atoms with Crippen LogP contribution in [-0.4, -0.2) is 43.2 Å². The maximum absolute atomic E-state index is 11.8. The Kier molecular flexibility index (Phi) is 4.39. The first-order valence-corrected chi connectivity index (χ1v) is 6.38. The summed E-state index contributed by atoms with van der Waals surface area (Å²) in [6, 6.07) is 7.63. The first-order chi connectivity index (χ1) is 9.10. The van der Waals surface area contributed by atoms with Gasteiger partial charge in [0.05, 0.1) is 13.2 Å². The molecule has 0 bridgehead atoms. The molecule has 2 atom stereocenters. The van der Waals surface area contributed by atoms with Gasteiger partial charge in [0.15, 0.2) is 0 Å². The summed E-state index contributed by atoms with van der Waals surface area (Å²) in [5.41, 5.74) is 6.90. The molecule has 0 unspecified atom stereocenters. The molecule has 2 N–H and O–H groups in total. The summed E-state index contributed by atoms with van der Waals surface area (Å²) >= 11 is 0. The van der Waals surface area contributed by atoms with Crippen molar-refractivity contribution in [1.82, 2.24) is 4.90 Å². The Morgan fingerprint density at radius 3 is 2.74 bits per heavy atom. The minimum atomic E-state index is -0.0871. The van der Waals surface area contributed by atoms with Crippen molar-refractivity contribution in [2.45, 2.75) is 25.6 Å². The molecule has 19 heavy (non-hydrogen) atoms. The van der Waals surface area contributed by atoms with Crippen molar-refractivity contribution in [1.29, 1.82) is 0 Å². The van der Waals surface area contributed by atoms with Gasteiger partial charge in [-0.15, -0.1) is 0 Å². The summed E-state index contributed by atoms with van der Waals surface area (Å²) in [6.07, 6.45) is -0.0871. The van der Waals surface area contributed by atoms with E-state index < -0.39 is 0 Å². The van der Waals surface area contributed by atoms with Crippen LogP contribution < -0.4 is 10.5 Å². The molecule has 1 aliphatic rings. The van der Waals surface area contributed by atoms with Crippen LogP contribution in [0.2, 0.25) is 0 Å². The van der Waals surface area contributed by atoms with Crippen molar-refractivity contribution in [2.24, 2.45) is 5.73 Å². The van der Waals surface area contributed by atoms with Gasteiger partial charge >= 0.3 is 0 Å². The number of nitrogens with zero attached hydrogens (tertiary/aromatic N) is 1. The summed E-state index contributed by atoms with van der Waals surface area (Å²) in [5.74, 6) is 0.818. The van der Waals surface area contributed by atoms with Crippen molar-refractivity contribution in [3.05, 3.63) is 29.8 Å². The molecule has 0 radical (unpaired) electrons. The lowest BCUT2D eigenvalue weighted by atomic mass is 10.1. The van der Waals surface area contributed by atoms with Gasteiger partial charge in [-0.05, 0) is 24.6 Å². The predicted octanol–water partition coefficient (Wildman–Crippen LogP) is 0.770. The standard InChI is InChI=1S/C14H20N2O3/c1-10(15)13-8-16(14(17)9-19-13)7-11-3-5-12(18-2)6-4-11/h3-6,10,13H,7-9,15H2,1-2H3/t10-,13+/m0/s1. The van der Waals surface area contributed by atoms with Crippen LogP contribution in [-0.2, 0) is 16.1 Å². The largest absolute Gasteiger partial charge is 0.497 e. The number of nitrogens with two attached hydrogens (primary N) is 1. The third-order valence-corrected chi connectivity index (χ3v) is 3.29. The Morgan fingerprint density at radius 1 is 1.47 bits per heavy atom. The van der Waals surface area contributed by atoms with E-state index in [1.807, 2.05) is 31.2 Å². The molecule has 1 fully saturated rings. The molecule has 1 aliphatic heterocycles. The van der Waals surface area contributed by atoms with E-state index in [9.17, 15) is 4.79 Å². The zero-order chi connectivity index (χ0) is 13.8. The highest BCUT2D eigenvalue weighted by Gasteiger charge is 2.28. The number of amides is 1. The second-order valence-corrected chi connectivity index (χ2v) is 4.83. The first-order valence-electron chi connectivity index (χ1n) is 6.38. The zero-order valence-electron chi connectivity index (χ0n) is 11.3. The van der Waals surface area contributed by atoms with E-state index in [0.717, 1.165) is 11.3 Å². The molecule has 1 heterocycles. The van der Waals surface area contributed by atoms with Crippen LogP contribution in [0, 0.1) is 0 Å². The van der Waals surface area contributed by atoms with E-state index in [-0.39, 0.29) is 24.7 Å². The molecule has 1 aromatic rings. The maximum atomic E-state index is 11.8. The summed E-state index contributed by atoms with van der Waals surface area (Å²) < 4.78 is 10.5. The number of rotatable bonds is 4. The van der Waals surface area contributed by atoms with Gasteiger partial charge in [0.1, 0.15) is 12.4 Å². The van der Waals surface area contributed by atoms with Crippen LogP contribution in [0.5, 0.6) is 5.75 Å². The lowest BCUT2D eigenvalue weighted by Crippen LogP contribution is -2.51. The summed E-state index contributed by atoms with van der Waals surface area (Å²) in [7, 11) is 1.63. The van der Waals surface area contributed by atoms with Gasteiger partial charge in [-0.3, -0.25) is 4.79 Å². The third-order valence-electron chi connectivity index (χ3n) is 3.29. The van der Waals surface area contributed by atoms with E-state index in [1.54, 1.807) is 12.0 Å². The van der Waals surface area contributed by atoms with E-state index in [2.05, 4.69) is 0 Å². The summed E-state index contributed by atoms with van der Waals surface area (Å²) in [6.45, 7) is 3.13. The Morgan fingerprint density at radius 2 is 2.16 bits per heavy atom. The fourth-order valence-electron chi connectivity index (χ4n) is 2.06. The van der Waals surface area contributed by atoms with E-state index in [1.165, 1.54) is 0 Å². The molecule has 1 amide bonds. The van der Waals surface area contributed by atoms with Gasteiger partial charge in [-0.25, -0.2) is 0 Å². The smallest absolute Gasteiger partial charge is 0.248 e. The minimum absolute atomic E-state index is 0.00715. The molecule has 0 saturated carbocycles. The van der Waals surface area contributed by atoms with Crippen molar-refractivity contribution < 1.29 is 14.3 Å². The topological polar surface area (TPSA) is 64.8 Å². The molecule has 0 aromatic heterocycles. The van der Waals surface area contributed by atoms with Crippen molar-refractivity contribution >= 4 is 5.91 Å². The molecule has 0 aliphatic carbocycles. The van der Waals surface area contributed by atoms with Gasteiger partial charge in [0.2, 0.25) is 5.91 Å². The van der Waals surface area contributed by atoms with E-state index in [4.69, 9.17) is 15.2 Å². The van der Waals surface area contributed by atoms with Gasteiger partial charge in [-0.1, -0.05) is 12.1 Å². The molecular formula is C14H20N2O3. The summed E-state index contributed by atoms with van der Waals surface area (Å²) in [5, 5.41) is 0. The molecule has 2 rings (SSSR count). The van der Waals surface area contributed by atoms with Gasteiger partial charge in [0, 0.05) is 19.1 Å². The third kappa shape index (κ3) is 3.45. The van der Waals surface area contributed by atoms with Gasteiger partial charge < -0.3 is 20.1 Å². The SMILES string of the molecule is COc1ccc(CN2C[C@H]([C@H](C)N)OCC2=O)cc1. The van der Waals surface area contributed by atoms with Crippen LogP contribution in [0.1, 0.15) is 12.5 Å². The minimum Gasteiger partial charge on any atom is -0.497 e. The monoisotopic (exact) mass is 264 g/mol. The lowest BCUT2D eigenvalue weighted by Gasteiger charge is -2.34. The average molecular weight is 264 g/mol. The number of carbonyl (C=O) groups is 1. The normalized spacial score (nSPS) is 21.3. The Balaban J connectivity index is 2.01. The maximum Gasteiger partial charge on any atom is 0.248 e. The Hall–Kier alpha value is -1.59. The molecule has 5 nitrogen and oxygen atoms in total. The zero-order valence-corrected chi connectivity index (χ0v) is 11.3. The van der Waals surface area contributed by atoms with Crippen molar-refractivity contribution in [3.8, 4) is 5.75 Å². The van der Waals surface area contributed by atoms with E-state index >= 15 is 0 Å². The molecule has 1 saturated heterocycles. The summed E-state index contributed by atoms with van der Waals surface area (Å²) in [4.78, 5) is 13.6. The molecular weight excluding hydrogens is 244 g/mol. The molecule has 104 valence electrons. The highest BCUT2D eigenvalue weighted by Crippen LogP contribution is 2.16. The number of ether oxygens (including phenoxy) is 2. The van der Waals surface area contributed by atoms with Crippen LogP contribution >= 0.6 is 0 Å². The van der Waals surface area contributed by atoms with Crippen LogP contribution in [0.25, 0.3) is 0 Å². The van der Waals surface area contributed by atoms with Crippen LogP contribution in [0.4, 0.5) is 0 Å². The molecule has 0 spiro atoms. The highest BCUT2D eigenvalue weighted by molar-refractivity contribution is 5.78. The Bertz CT molecular complexity index is 431. The van der Waals surface area contributed by atoms with Crippen LogP contribution in [0.15, 0.2) is 24.3 Å². The second kappa shape index (κ2) is 6.04. The number of hydrogen-bond donors (Lipinski definition) is 1. The van der Waals surface area contributed by atoms with Gasteiger partial charge in [0.25, 0.3) is 0 Å². The van der Waals surface area contributed by atoms with E-state index in [0.29, 0.717) is 13.1 Å². The quantitative estimate of drug-likeness (QED) is 0.872. The average Bonchev–Trinajstić information content (AvgIpc) is 2.42. The fraction of sp³-hybridized carbons (Fsp3) is 0.500.